The molecule has 2 nitrogen and oxygen atoms in total. The molecule has 98 valence electrons. The minimum Gasteiger partial charge on any atom is -0.375 e. The van der Waals surface area contributed by atoms with Gasteiger partial charge in [-0.05, 0) is 69.4 Å². The molecular formula is C14H25NOS. The van der Waals surface area contributed by atoms with Gasteiger partial charge in [0.2, 0.25) is 0 Å². The van der Waals surface area contributed by atoms with Crippen LogP contribution >= 0.6 is 11.8 Å². The maximum Gasteiger partial charge on any atom is 0.0701 e. The Morgan fingerprint density at radius 3 is 2.76 bits per heavy atom. The molecule has 1 N–H and O–H groups in total. The van der Waals surface area contributed by atoms with Gasteiger partial charge in [0.1, 0.15) is 0 Å². The molecule has 0 aliphatic carbocycles. The highest BCUT2D eigenvalue weighted by atomic mass is 32.2. The van der Waals surface area contributed by atoms with E-state index in [1.165, 1.54) is 56.6 Å². The summed E-state index contributed by atoms with van der Waals surface area (Å²) in [7, 11) is 0. The second-order valence-corrected chi connectivity index (χ2v) is 7.51. The van der Waals surface area contributed by atoms with Gasteiger partial charge in [0.15, 0.2) is 0 Å². The largest absolute Gasteiger partial charge is 0.375 e. The third-order valence-electron chi connectivity index (χ3n) is 5.20. The van der Waals surface area contributed by atoms with Gasteiger partial charge in [-0.1, -0.05) is 0 Å². The van der Waals surface area contributed by atoms with Crippen molar-refractivity contribution in [1.82, 2.24) is 5.32 Å². The fourth-order valence-corrected chi connectivity index (χ4v) is 5.17. The van der Waals surface area contributed by atoms with E-state index in [0.29, 0.717) is 5.54 Å². The van der Waals surface area contributed by atoms with Gasteiger partial charge >= 0.3 is 0 Å². The third kappa shape index (κ3) is 2.39. The molecule has 0 aromatic heterocycles. The fourth-order valence-electron chi connectivity index (χ4n) is 3.93. The number of nitrogens with one attached hydrogen (secondary N) is 1. The molecule has 0 amide bonds. The van der Waals surface area contributed by atoms with Crippen molar-refractivity contribution in [2.45, 2.75) is 56.6 Å². The Morgan fingerprint density at radius 1 is 1.24 bits per heavy atom. The summed E-state index contributed by atoms with van der Waals surface area (Å²) in [5, 5.41) is 3.76. The highest BCUT2D eigenvalue weighted by Gasteiger charge is 2.45. The van der Waals surface area contributed by atoms with Crippen LogP contribution < -0.4 is 5.32 Å². The number of thioether (sulfide) groups is 1. The Morgan fingerprint density at radius 2 is 2.06 bits per heavy atom. The molecule has 0 aromatic carbocycles. The van der Waals surface area contributed by atoms with Crippen molar-refractivity contribution in [2.75, 3.05) is 24.7 Å². The average molecular weight is 255 g/mol. The van der Waals surface area contributed by atoms with Crippen LogP contribution in [0.5, 0.6) is 0 Å². The number of rotatable bonds is 1. The van der Waals surface area contributed by atoms with Crippen molar-refractivity contribution in [1.29, 1.82) is 0 Å². The first-order valence-corrected chi connectivity index (χ1v) is 8.35. The van der Waals surface area contributed by atoms with Crippen LogP contribution in [0.4, 0.5) is 0 Å². The van der Waals surface area contributed by atoms with Crippen molar-refractivity contribution in [2.24, 2.45) is 5.92 Å². The second kappa shape index (κ2) is 4.75. The molecule has 3 aliphatic heterocycles. The second-order valence-electron chi connectivity index (χ2n) is 6.28. The molecule has 17 heavy (non-hydrogen) atoms. The van der Waals surface area contributed by atoms with E-state index in [2.05, 4.69) is 24.0 Å². The smallest absolute Gasteiger partial charge is 0.0701 e. The molecule has 0 saturated carbocycles. The molecule has 3 aliphatic rings. The third-order valence-corrected chi connectivity index (χ3v) is 6.19. The van der Waals surface area contributed by atoms with Crippen LogP contribution in [0.3, 0.4) is 0 Å². The number of hydrogen-bond donors (Lipinski definition) is 1. The summed E-state index contributed by atoms with van der Waals surface area (Å²) >= 11 is 2.10. The molecule has 0 aromatic rings. The van der Waals surface area contributed by atoms with Crippen LogP contribution in [0.2, 0.25) is 0 Å². The minimum atomic E-state index is 0.251. The van der Waals surface area contributed by atoms with Crippen molar-refractivity contribution in [3.05, 3.63) is 0 Å². The lowest BCUT2D eigenvalue weighted by Crippen LogP contribution is -2.52. The first-order valence-electron chi connectivity index (χ1n) is 7.19. The van der Waals surface area contributed by atoms with Crippen molar-refractivity contribution < 1.29 is 4.74 Å². The van der Waals surface area contributed by atoms with Gasteiger partial charge in [-0.25, -0.2) is 0 Å². The summed E-state index contributed by atoms with van der Waals surface area (Å²) in [6.45, 7) is 4.66. The van der Waals surface area contributed by atoms with E-state index in [0.717, 1.165) is 12.5 Å². The van der Waals surface area contributed by atoms with Crippen LogP contribution in [0.15, 0.2) is 0 Å². The Balaban J connectivity index is 1.70. The van der Waals surface area contributed by atoms with Crippen LogP contribution in [0, 0.1) is 5.92 Å². The van der Waals surface area contributed by atoms with Gasteiger partial charge in [0.25, 0.3) is 0 Å². The predicted molar refractivity (Wildman–Crippen MR) is 73.6 cm³/mol. The van der Waals surface area contributed by atoms with E-state index >= 15 is 0 Å². The number of ether oxygens (including phenoxy) is 1. The van der Waals surface area contributed by atoms with Gasteiger partial charge in [-0.15, -0.1) is 0 Å². The molecule has 0 radical (unpaired) electrons. The molecule has 1 spiro atoms. The van der Waals surface area contributed by atoms with Crippen LogP contribution in [-0.4, -0.2) is 35.8 Å². The topological polar surface area (TPSA) is 21.3 Å². The standard InChI is InChI=1S/C14H25NOS/c1-13(4-2-7-15-13)12-3-8-16-14(11-12)5-9-17-10-6-14/h12,15H,2-11H2,1H3. The molecule has 2 unspecified atom stereocenters. The minimum absolute atomic E-state index is 0.251. The predicted octanol–water partition coefficient (Wildman–Crippen LogP) is 2.82. The summed E-state index contributed by atoms with van der Waals surface area (Å²) in [6.07, 6.45) is 7.85. The highest BCUT2D eigenvalue weighted by Crippen LogP contribution is 2.44. The zero-order valence-corrected chi connectivity index (χ0v) is 11.8. The fraction of sp³-hybridized carbons (Fsp3) is 1.00. The summed E-state index contributed by atoms with van der Waals surface area (Å²) in [6, 6.07) is 0. The average Bonchev–Trinajstić information content (AvgIpc) is 2.79. The Labute approximate surface area is 109 Å². The quantitative estimate of drug-likeness (QED) is 0.778. The van der Waals surface area contributed by atoms with E-state index in [9.17, 15) is 0 Å². The number of hydrogen-bond acceptors (Lipinski definition) is 3. The van der Waals surface area contributed by atoms with E-state index in [1.807, 2.05) is 0 Å². The molecular weight excluding hydrogens is 230 g/mol. The van der Waals surface area contributed by atoms with E-state index in [-0.39, 0.29) is 5.60 Å². The molecule has 3 heterocycles. The van der Waals surface area contributed by atoms with E-state index < -0.39 is 0 Å². The van der Waals surface area contributed by atoms with Gasteiger partial charge in [0.05, 0.1) is 5.60 Å². The maximum absolute atomic E-state index is 6.20. The molecule has 2 atom stereocenters. The molecule has 3 saturated heterocycles. The molecule has 3 rings (SSSR count). The summed E-state index contributed by atoms with van der Waals surface area (Å²) < 4.78 is 6.20. The van der Waals surface area contributed by atoms with Gasteiger partial charge < -0.3 is 10.1 Å². The lowest BCUT2D eigenvalue weighted by Gasteiger charge is -2.48. The summed E-state index contributed by atoms with van der Waals surface area (Å²) in [5.74, 6) is 3.44. The Hall–Kier alpha value is 0.270. The van der Waals surface area contributed by atoms with Crippen LogP contribution in [0.25, 0.3) is 0 Å². The SMILES string of the molecule is CC1(C2CCOC3(CCSCC3)C2)CCCN1. The van der Waals surface area contributed by atoms with Gasteiger partial charge in [0, 0.05) is 12.1 Å². The lowest BCUT2D eigenvalue weighted by molar-refractivity contribution is -0.114. The van der Waals surface area contributed by atoms with Crippen molar-refractivity contribution >= 4 is 11.8 Å². The normalized spacial score (nSPS) is 41.8. The first kappa shape index (κ1) is 12.3. The van der Waals surface area contributed by atoms with E-state index in [4.69, 9.17) is 4.74 Å². The Kier molecular flexibility index (Phi) is 3.44. The summed E-state index contributed by atoms with van der Waals surface area (Å²) in [4.78, 5) is 0. The van der Waals surface area contributed by atoms with Gasteiger partial charge in [-0.2, -0.15) is 11.8 Å². The van der Waals surface area contributed by atoms with Crippen molar-refractivity contribution in [3.63, 3.8) is 0 Å². The highest BCUT2D eigenvalue weighted by molar-refractivity contribution is 7.99. The van der Waals surface area contributed by atoms with Gasteiger partial charge in [-0.3, -0.25) is 0 Å². The zero-order chi connectivity index (χ0) is 11.8. The van der Waals surface area contributed by atoms with Crippen LogP contribution in [0.1, 0.15) is 45.4 Å². The monoisotopic (exact) mass is 255 g/mol. The van der Waals surface area contributed by atoms with E-state index in [1.54, 1.807) is 0 Å². The molecule has 3 fully saturated rings. The lowest BCUT2D eigenvalue weighted by atomic mass is 9.72. The Bertz CT molecular complexity index is 264. The maximum atomic E-state index is 6.20. The van der Waals surface area contributed by atoms with Crippen LogP contribution in [-0.2, 0) is 4.74 Å². The van der Waals surface area contributed by atoms with Crippen molar-refractivity contribution in [3.8, 4) is 0 Å². The molecule has 0 bridgehead atoms. The molecule has 3 heteroatoms. The first-order chi connectivity index (χ1) is 8.23. The summed E-state index contributed by atoms with van der Waals surface area (Å²) in [5.41, 5.74) is 0.656. The zero-order valence-electron chi connectivity index (χ0n) is 11.0.